The molecule has 2 rings (SSSR count). The maximum Gasteiger partial charge on any atom is 0.325 e. The van der Waals surface area contributed by atoms with E-state index in [0.717, 1.165) is 16.2 Å². The van der Waals surface area contributed by atoms with Gasteiger partial charge < -0.3 is 29.7 Å². The molecular weight excluding hydrogens is 425 g/mol. The van der Waals surface area contributed by atoms with Crippen LogP contribution < -0.4 is 19.9 Å². The van der Waals surface area contributed by atoms with E-state index < -0.39 is 13.1 Å². The van der Waals surface area contributed by atoms with Crippen LogP contribution in [0.1, 0.15) is 29.5 Å². The predicted molar refractivity (Wildman–Crippen MR) is 119 cm³/mol. The minimum atomic E-state index is -4.02. The number of thiophene rings is 1. The molecule has 0 aliphatic rings. The Morgan fingerprint density at radius 2 is 1.73 bits per heavy atom. The standard InChI is InChI=1S/C21H28NO6PS/c1-21(22,10-12-29(23,24)25)9-8-20-7-6-19(30-20)5-4-11-28-18-14-16(26-2)13-17(15-18)27-3/h6-7,13-15H,8-12,22H2,1-3H3,(H2,23,24,25). The molecular formula is C21H28NO6PS. The van der Waals surface area contributed by atoms with E-state index in [1.54, 1.807) is 43.8 Å². The third-order valence-electron chi connectivity index (χ3n) is 4.43. The van der Waals surface area contributed by atoms with Gasteiger partial charge in [0.1, 0.15) is 23.9 Å². The molecule has 30 heavy (non-hydrogen) atoms. The molecule has 7 nitrogen and oxygen atoms in total. The maximum atomic E-state index is 11.0. The van der Waals surface area contributed by atoms with Crippen molar-refractivity contribution in [3.63, 3.8) is 0 Å². The highest BCUT2D eigenvalue weighted by atomic mass is 32.1. The number of ether oxygens (including phenoxy) is 3. The third-order valence-corrected chi connectivity index (χ3v) is 6.29. The normalized spacial score (nSPS) is 13.1. The van der Waals surface area contributed by atoms with E-state index in [1.165, 1.54) is 0 Å². The van der Waals surface area contributed by atoms with E-state index >= 15 is 0 Å². The summed E-state index contributed by atoms with van der Waals surface area (Å²) in [7, 11) is -0.861. The van der Waals surface area contributed by atoms with Crippen molar-refractivity contribution in [2.45, 2.75) is 31.7 Å². The SMILES string of the molecule is COc1cc(OC)cc(OCC#Cc2ccc(CCC(C)(N)CCP(=O)(O)O)s2)c1. The van der Waals surface area contributed by atoms with Crippen molar-refractivity contribution in [2.24, 2.45) is 5.73 Å². The lowest BCUT2D eigenvalue weighted by Crippen LogP contribution is -2.37. The Labute approximate surface area is 181 Å². The fourth-order valence-electron chi connectivity index (χ4n) is 2.62. The van der Waals surface area contributed by atoms with Crippen LogP contribution in [0, 0.1) is 11.8 Å². The number of hydrogen-bond donors (Lipinski definition) is 3. The van der Waals surface area contributed by atoms with Gasteiger partial charge in [-0.05, 0) is 38.3 Å². The maximum absolute atomic E-state index is 11.0. The van der Waals surface area contributed by atoms with Crippen molar-refractivity contribution < 1.29 is 28.6 Å². The van der Waals surface area contributed by atoms with Gasteiger partial charge in [0.05, 0.1) is 25.3 Å². The van der Waals surface area contributed by atoms with Crippen LogP contribution in [-0.2, 0) is 11.0 Å². The fourth-order valence-corrected chi connectivity index (χ4v) is 4.31. The molecule has 1 unspecified atom stereocenters. The molecule has 0 bridgehead atoms. The number of benzene rings is 1. The van der Waals surface area contributed by atoms with Gasteiger partial charge in [0.25, 0.3) is 0 Å². The molecule has 1 atom stereocenters. The van der Waals surface area contributed by atoms with Crippen LogP contribution in [0.4, 0.5) is 0 Å². The summed E-state index contributed by atoms with van der Waals surface area (Å²) in [6.07, 6.45) is 1.46. The fraction of sp³-hybridized carbons (Fsp3) is 0.429. The summed E-state index contributed by atoms with van der Waals surface area (Å²) in [5, 5.41) is 0. The van der Waals surface area contributed by atoms with Gasteiger partial charge in [0, 0.05) is 28.6 Å². The van der Waals surface area contributed by atoms with Gasteiger partial charge in [-0.1, -0.05) is 11.8 Å². The summed E-state index contributed by atoms with van der Waals surface area (Å²) in [4.78, 5) is 20.1. The summed E-state index contributed by atoms with van der Waals surface area (Å²) in [5.74, 6) is 7.98. The van der Waals surface area contributed by atoms with Gasteiger partial charge in [0.2, 0.25) is 0 Å². The van der Waals surface area contributed by atoms with Crippen molar-refractivity contribution in [1.29, 1.82) is 0 Å². The lowest BCUT2D eigenvalue weighted by molar-refractivity contribution is 0.353. The van der Waals surface area contributed by atoms with Crippen molar-refractivity contribution >= 4 is 18.9 Å². The molecule has 0 aliphatic carbocycles. The van der Waals surface area contributed by atoms with E-state index in [9.17, 15) is 4.57 Å². The van der Waals surface area contributed by atoms with Crippen LogP contribution in [0.25, 0.3) is 0 Å². The zero-order valence-electron chi connectivity index (χ0n) is 17.4. The molecule has 0 radical (unpaired) electrons. The summed E-state index contributed by atoms with van der Waals surface area (Å²) in [5.41, 5.74) is 5.55. The highest BCUT2D eigenvalue weighted by Gasteiger charge is 2.23. The van der Waals surface area contributed by atoms with E-state index in [1.807, 2.05) is 19.1 Å². The molecule has 164 valence electrons. The molecule has 0 spiro atoms. The van der Waals surface area contributed by atoms with Crippen LogP contribution in [0.15, 0.2) is 30.3 Å². The van der Waals surface area contributed by atoms with Gasteiger partial charge >= 0.3 is 7.60 Å². The second-order valence-corrected chi connectivity index (χ2v) is 10.1. The Morgan fingerprint density at radius 3 is 2.33 bits per heavy atom. The topological polar surface area (TPSA) is 111 Å². The Hall–Kier alpha value is -2.01. The monoisotopic (exact) mass is 453 g/mol. The Kier molecular flexibility index (Phi) is 8.78. The van der Waals surface area contributed by atoms with Gasteiger partial charge in [-0.2, -0.15) is 0 Å². The van der Waals surface area contributed by atoms with Crippen molar-refractivity contribution in [3.05, 3.63) is 40.1 Å². The Morgan fingerprint density at radius 1 is 1.10 bits per heavy atom. The minimum absolute atomic E-state index is 0.194. The molecule has 1 heterocycles. The molecule has 9 heteroatoms. The summed E-state index contributed by atoms with van der Waals surface area (Å²) >= 11 is 1.58. The predicted octanol–water partition coefficient (Wildman–Crippen LogP) is 3.41. The largest absolute Gasteiger partial charge is 0.496 e. The van der Waals surface area contributed by atoms with Crippen molar-refractivity contribution in [3.8, 4) is 29.1 Å². The lowest BCUT2D eigenvalue weighted by atomic mass is 9.94. The smallest absolute Gasteiger partial charge is 0.325 e. The number of nitrogens with two attached hydrogens (primary N) is 1. The lowest BCUT2D eigenvalue weighted by Gasteiger charge is -2.24. The summed E-state index contributed by atoms with van der Waals surface area (Å²) in [6.45, 7) is 2.05. The van der Waals surface area contributed by atoms with E-state index in [4.69, 9.17) is 29.7 Å². The number of methoxy groups -OCH3 is 2. The first-order valence-electron chi connectivity index (χ1n) is 9.37. The number of rotatable bonds is 10. The molecule has 4 N–H and O–H groups in total. The van der Waals surface area contributed by atoms with Crippen molar-refractivity contribution in [2.75, 3.05) is 27.0 Å². The molecule has 1 aromatic heterocycles. The zero-order valence-corrected chi connectivity index (χ0v) is 19.1. The summed E-state index contributed by atoms with van der Waals surface area (Å²) in [6, 6.07) is 9.25. The quantitative estimate of drug-likeness (QED) is 0.373. The average Bonchev–Trinajstić information content (AvgIpc) is 3.15. The Bertz CT molecular complexity index is 918. The molecule has 1 aromatic carbocycles. The molecule has 0 saturated heterocycles. The summed E-state index contributed by atoms with van der Waals surface area (Å²) < 4.78 is 27.1. The van der Waals surface area contributed by atoms with Gasteiger partial charge in [-0.3, -0.25) is 4.57 Å². The zero-order chi connectivity index (χ0) is 22.2. The van der Waals surface area contributed by atoms with Crippen molar-refractivity contribution in [1.82, 2.24) is 0 Å². The highest BCUT2D eigenvalue weighted by Crippen LogP contribution is 2.37. The number of aryl methyl sites for hydroxylation is 1. The van der Waals surface area contributed by atoms with Gasteiger partial charge in [-0.15, -0.1) is 11.3 Å². The molecule has 0 aliphatic heterocycles. The van der Waals surface area contributed by atoms with E-state index in [2.05, 4.69) is 11.8 Å². The van der Waals surface area contributed by atoms with E-state index in [0.29, 0.717) is 23.7 Å². The number of hydrogen-bond acceptors (Lipinski definition) is 6. The first-order valence-corrected chi connectivity index (χ1v) is 12.0. The van der Waals surface area contributed by atoms with Crippen LogP contribution in [-0.4, -0.2) is 42.3 Å². The highest BCUT2D eigenvalue weighted by molar-refractivity contribution is 7.51. The second-order valence-electron chi connectivity index (χ2n) is 7.20. The third kappa shape index (κ3) is 8.78. The second kappa shape index (κ2) is 10.9. The van der Waals surface area contributed by atoms with Crippen LogP contribution in [0.2, 0.25) is 0 Å². The average molecular weight is 453 g/mol. The Balaban J connectivity index is 1.85. The van der Waals surface area contributed by atoms with E-state index in [-0.39, 0.29) is 19.2 Å². The van der Waals surface area contributed by atoms with Crippen LogP contribution in [0.5, 0.6) is 17.2 Å². The molecule has 0 fully saturated rings. The first-order chi connectivity index (χ1) is 14.1. The minimum Gasteiger partial charge on any atom is -0.496 e. The first kappa shape index (κ1) is 24.3. The molecule has 2 aromatic rings. The van der Waals surface area contributed by atoms with Crippen LogP contribution in [0.3, 0.4) is 0 Å². The van der Waals surface area contributed by atoms with Crippen LogP contribution >= 0.6 is 18.9 Å². The molecule has 0 amide bonds. The molecule has 0 saturated carbocycles. The van der Waals surface area contributed by atoms with Gasteiger partial charge in [-0.25, -0.2) is 0 Å². The van der Waals surface area contributed by atoms with Gasteiger partial charge in [0.15, 0.2) is 0 Å².